The summed E-state index contributed by atoms with van der Waals surface area (Å²) in [5.74, 6) is -0.429. The summed E-state index contributed by atoms with van der Waals surface area (Å²) in [6.07, 6.45) is -5.71. The minimum Gasteiger partial charge on any atom is -0.479 e. The number of carbonyl (C=O) groups is 1. The third-order valence-electron chi connectivity index (χ3n) is 4.01. The van der Waals surface area contributed by atoms with Crippen LogP contribution in [0.1, 0.15) is 23.2 Å². The van der Waals surface area contributed by atoms with E-state index >= 15 is 0 Å². The summed E-state index contributed by atoms with van der Waals surface area (Å²) in [7, 11) is 1.41. The molecule has 164 valence electrons. The van der Waals surface area contributed by atoms with Crippen molar-refractivity contribution < 1.29 is 32.0 Å². The number of carbonyl (C=O) groups excluding carboxylic acids is 1. The predicted octanol–water partition coefficient (Wildman–Crippen LogP) is 4.05. The van der Waals surface area contributed by atoms with E-state index < -0.39 is 18.2 Å². The third-order valence-corrected chi connectivity index (χ3v) is 4.26. The summed E-state index contributed by atoms with van der Waals surface area (Å²) in [6.45, 7) is 0.829. The Bertz CT molecular complexity index is 1060. The third kappa shape index (κ3) is 5.63. The average molecular weight is 457 g/mol. The SMILES string of the molecule is COc1cc(CNC(=O)c2cnc(O[C@@H](C)C(F)(F)F)c(-c3ccc(Cl)cc3)n2)on1. The van der Waals surface area contributed by atoms with Gasteiger partial charge in [0.25, 0.3) is 11.8 Å². The first-order valence-corrected chi connectivity index (χ1v) is 9.19. The van der Waals surface area contributed by atoms with Gasteiger partial charge in [-0.1, -0.05) is 23.7 Å². The van der Waals surface area contributed by atoms with Crippen LogP contribution in [0.5, 0.6) is 11.8 Å². The first kappa shape index (κ1) is 22.3. The van der Waals surface area contributed by atoms with Gasteiger partial charge in [-0.2, -0.15) is 13.2 Å². The molecule has 1 amide bonds. The highest BCUT2D eigenvalue weighted by atomic mass is 35.5. The van der Waals surface area contributed by atoms with Gasteiger partial charge in [-0.25, -0.2) is 9.97 Å². The highest BCUT2D eigenvalue weighted by molar-refractivity contribution is 6.30. The fourth-order valence-corrected chi connectivity index (χ4v) is 2.46. The molecule has 31 heavy (non-hydrogen) atoms. The molecule has 0 spiro atoms. The number of ether oxygens (including phenoxy) is 2. The lowest BCUT2D eigenvalue weighted by Gasteiger charge is -2.18. The Morgan fingerprint density at radius 1 is 1.29 bits per heavy atom. The van der Waals surface area contributed by atoms with Gasteiger partial charge in [-0.05, 0) is 24.2 Å². The van der Waals surface area contributed by atoms with Crippen molar-refractivity contribution in [3.05, 3.63) is 53.0 Å². The summed E-state index contributed by atoms with van der Waals surface area (Å²) in [5.41, 5.74) is 0.195. The second-order valence-electron chi connectivity index (χ2n) is 6.24. The second kappa shape index (κ2) is 9.21. The number of halogens is 4. The minimum absolute atomic E-state index is 0.0174. The van der Waals surface area contributed by atoms with Gasteiger partial charge in [0.1, 0.15) is 11.4 Å². The molecule has 0 saturated carbocycles. The van der Waals surface area contributed by atoms with E-state index in [4.69, 9.17) is 25.6 Å². The Kier molecular flexibility index (Phi) is 6.64. The number of hydrogen-bond acceptors (Lipinski definition) is 7. The van der Waals surface area contributed by atoms with E-state index in [0.717, 1.165) is 13.1 Å². The molecule has 0 aliphatic heterocycles. The molecule has 2 heterocycles. The Hall–Kier alpha value is -3.34. The maximum Gasteiger partial charge on any atom is 0.425 e. The minimum atomic E-state index is -4.60. The molecule has 0 unspecified atom stereocenters. The molecule has 8 nitrogen and oxygen atoms in total. The molecule has 3 rings (SSSR count). The number of rotatable bonds is 7. The van der Waals surface area contributed by atoms with E-state index in [1.54, 1.807) is 0 Å². The van der Waals surface area contributed by atoms with Gasteiger partial charge >= 0.3 is 6.18 Å². The van der Waals surface area contributed by atoms with Crippen LogP contribution in [0.2, 0.25) is 5.02 Å². The van der Waals surface area contributed by atoms with Crippen LogP contribution in [0.3, 0.4) is 0 Å². The van der Waals surface area contributed by atoms with E-state index in [9.17, 15) is 18.0 Å². The predicted molar refractivity (Wildman–Crippen MR) is 103 cm³/mol. The summed E-state index contributed by atoms with van der Waals surface area (Å²) < 4.78 is 53.7. The highest BCUT2D eigenvalue weighted by Crippen LogP contribution is 2.31. The van der Waals surface area contributed by atoms with E-state index in [1.165, 1.54) is 37.4 Å². The van der Waals surface area contributed by atoms with Crippen molar-refractivity contribution in [3.63, 3.8) is 0 Å². The van der Waals surface area contributed by atoms with Crippen molar-refractivity contribution in [2.24, 2.45) is 0 Å². The average Bonchev–Trinajstić information content (AvgIpc) is 3.20. The van der Waals surface area contributed by atoms with Gasteiger partial charge in [-0.3, -0.25) is 4.79 Å². The number of alkyl halides is 3. The molecule has 1 N–H and O–H groups in total. The topological polar surface area (TPSA) is 99.4 Å². The monoisotopic (exact) mass is 456 g/mol. The zero-order valence-electron chi connectivity index (χ0n) is 16.2. The molecule has 3 aromatic rings. The highest BCUT2D eigenvalue weighted by Gasteiger charge is 2.39. The van der Waals surface area contributed by atoms with Crippen molar-refractivity contribution in [3.8, 4) is 23.0 Å². The van der Waals surface area contributed by atoms with Crippen LogP contribution in [-0.4, -0.2) is 40.4 Å². The lowest BCUT2D eigenvalue weighted by Crippen LogP contribution is -2.32. The van der Waals surface area contributed by atoms with E-state index in [-0.39, 0.29) is 29.7 Å². The number of aromatic nitrogens is 3. The Labute approximate surface area is 179 Å². The van der Waals surface area contributed by atoms with Crippen molar-refractivity contribution in [2.75, 3.05) is 7.11 Å². The van der Waals surface area contributed by atoms with Crippen molar-refractivity contribution in [2.45, 2.75) is 25.7 Å². The normalized spacial score (nSPS) is 12.3. The van der Waals surface area contributed by atoms with Gasteiger partial charge in [0.05, 0.1) is 19.9 Å². The standard InChI is InChI=1S/C19H16ClF3N4O4/c1-10(19(21,22)23)30-18-16(11-3-5-12(20)6-4-11)26-14(9-25-18)17(28)24-8-13-7-15(29-2)27-31-13/h3-7,9-10H,8H2,1-2H3,(H,24,28)/t10-/m0/s1. The summed E-state index contributed by atoms with van der Waals surface area (Å²) in [4.78, 5) is 20.5. The van der Waals surface area contributed by atoms with Gasteiger partial charge in [-0.15, -0.1) is 0 Å². The molecule has 0 aliphatic rings. The Morgan fingerprint density at radius 3 is 2.61 bits per heavy atom. The van der Waals surface area contributed by atoms with Crippen molar-refractivity contribution in [1.82, 2.24) is 20.4 Å². The van der Waals surface area contributed by atoms with Crippen LogP contribution in [0, 0.1) is 0 Å². The lowest BCUT2D eigenvalue weighted by atomic mass is 10.1. The van der Waals surface area contributed by atoms with Gasteiger partial charge in [0.15, 0.2) is 11.9 Å². The van der Waals surface area contributed by atoms with Crippen LogP contribution in [-0.2, 0) is 6.54 Å². The first-order valence-electron chi connectivity index (χ1n) is 8.81. The number of amides is 1. The Balaban J connectivity index is 1.86. The molecular weight excluding hydrogens is 441 g/mol. The maximum absolute atomic E-state index is 12.9. The number of nitrogens with one attached hydrogen (secondary N) is 1. The molecule has 0 radical (unpaired) electrons. The first-order chi connectivity index (χ1) is 14.7. The molecule has 1 aromatic carbocycles. The van der Waals surface area contributed by atoms with Crippen LogP contribution < -0.4 is 14.8 Å². The van der Waals surface area contributed by atoms with Crippen molar-refractivity contribution in [1.29, 1.82) is 0 Å². The number of benzene rings is 1. The lowest BCUT2D eigenvalue weighted by molar-refractivity contribution is -0.189. The van der Waals surface area contributed by atoms with Crippen LogP contribution in [0.25, 0.3) is 11.3 Å². The van der Waals surface area contributed by atoms with E-state index in [0.29, 0.717) is 16.3 Å². The van der Waals surface area contributed by atoms with Gasteiger partial charge in [0.2, 0.25) is 5.88 Å². The fraction of sp³-hybridized carbons (Fsp3) is 0.263. The molecule has 0 bridgehead atoms. The van der Waals surface area contributed by atoms with E-state index in [2.05, 4.69) is 20.4 Å². The maximum atomic E-state index is 12.9. The largest absolute Gasteiger partial charge is 0.479 e. The summed E-state index contributed by atoms with van der Waals surface area (Å²) in [5, 5.41) is 6.58. The summed E-state index contributed by atoms with van der Waals surface area (Å²) >= 11 is 5.87. The fourth-order valence-electron chi connectivity index (χ4n) is 2.34. The molecular formula is C19H16ClF3N4O4. The van der Waals surface area contributed by atoms with E-state index in [1.807, 2.05) is 0 Å². The zero-order chi connectivity index (χ0) is 22.6. The van der Waals surface area contributed by atoms with Crippen LogP contribution >= 0.6 is 11.6 Å². The molecule has 0 aliphatic carbocycles. The molecule has 1 atom stereocenters. The Morgan fingerprint density at radius 2 is 2.00 bits per heavy atom. The molecule has 2 aromatic heterocycles. The summed E-state index contributed by atoms with van der Waals surface area (Å²) in [6, 6.07) is 7.60. The van der Waals surface area contributed by atoms with Gasteiger partial charge in [0, 0.05) is 16.7 Å². The van der Waals surface area contributed by atoms with Gasteiger partial charge < -0.3 is 19.3 Å². The number of hydrogen-bond donors (Lipinski definition) is 1. The quantitative estimate of drug-likeness (QED) is 0.572. The molecule has 0 saturated heterocycles. The van der Waals surface area contributed by atoms with Crippen LogP contribution in [0.4, 0.5) is 13.2 Å². The number of methoxy groups -OCH3 is 1. The molecule has 0 fully saturated rings. The van der Waals surface area contributed by atoms with Crippen molar-refractivity contribution >= 4 is 17.5 Å². The second-order valence-corrected chi connectivity index (χ2v) is 6.67. The van der Waals surface area contributed by atoms with Crippen LogP contribution in [0.15, 0.2) is 41.1 Å². The smallest absolute Gasteiger partial charge is 0.425 e. The zero-order valence-corrected chi connectivity index (χ0v) is 17.0. The molecule has 12 heteroatoms. The number of nitrogens with zero attached hydrogens (tertiary/aromatic N) is 3.